The number of carbonyl (C=O) groups is 1. The first-order chi connectivity index (χ1) is 28.9. The van der Waals surface area contributed by atoms with Gasteiger partial charge in [0.1, 0.15) is 37.1 Å². The van der Waals surface area contributed by atoms with Crippen molar-refractivity contribution in [3.63, 3.8) is 0 Å². The van der Waals surface area contributed by atoms with E-state index in [1.165, 1.54) is 20.3 Å². The van der Waals surface area contributed by atoms with Crippen molar-refractivity contribution in [2.24, 2.45) is 22.9 Å². The van der Waals surface area contributed by atoms with E-state index in [0.29, 0.717) is 35.6 Å². The lowest BCUT2D eigenvalue weighted by Crippen LogP contribution is -2.70. The number of aliphatic hydroxyl groups is 2. The number of halogens is 1. The molecule has 10 nitrogen and oxygen atoms in total. The molecule has 1 aliphatic heterocycles. The molecule has 2 N–H and O–H groups in total. The van der Waals surface area contributed by atoms with Crippen LogP contribution in [0, 0.1) is 23.6 Å². The van der Waals surface area contributed by atoms with Gasteiger partial charge in [-0.25, -0.2) is 9.18 Å². The number of oxime groups is 1. The molecule has 4 aromatic carbocycles. The molecule has 1 saturated carbocycles. The molecule has 0 unspecified atom stereocenters. The average molecular weight is 807 g/mol. The SMILES string of the molecule is C=CCO[C@@]12Oc3ccc(OCc4ccccc4F)cc3[C@H]3[C@H](CCCCO)[C@@H](CCCCO)C=C(C(=NOC)C[C@@H]1N(Cc1cccc4ccccc14)C(=O)OC)[C@H]32. The summed E-state index contributed by atoms with van der Waals surface area (Å²) in [7, 11) is 2.90. The lowest BCUT2D eigenvalue weighted by Gasteiger charge is -2.59. The van der Waals surface area contributed by atoms with Crippen LogP contribution in [-0.2, 0) is 27.5 Å². The first kappa shape index (κ1) is 41.9. The second-order valence-corrected chi connectivity index (χ2v) is 15.6. The normalized spacial score (nSPS) is 23.7. The third kappa shape index (κ3) is 8.60. The Kier molecular flexibility index (Phi) is 13.7. The Hall–Kier alpha value is -5.23. The van der Waals surface area contributed by atoms with Gasteiger partial charge in [0.25, 0.3) is 0 Å². The number of fused-ring (bicyclic) bond motifs is 3. The summed E-state index contributed by atoms with van der Waals surface area (Å²) in [5, 5.41) is 26.5. The Bertz CT molecular complexity index is 2150. The van der Waals surface area contributed by atoms with E-state index >= 15 is 0 Å². The maximum Gasteiger partial charge on any atom is 0.410 e. The number of ether oxygens (including phenoxy) is 4. The van der Waals surface area contributed by atoms with E-state index in [-0.39, 0.29) is 63.0 Å². The van der Waals surface area contributed by atoms with Gasteiger partial charge < -0.3 is 34.0 Å². The number of aliphatic hydroxyl groups excluding tert-OH is 2. The van der Waals surface area contributed by atoms with Gasteiger partial charge in [0.2, 0.25) is 5.79 Å². The van der Waals surface area contributed by atoms with Gasteiger partial charge in [0.05, 0.1) is 31.9 Å². The highest BCUT2D eigenvalue weighted by molar-refractivity contribution is 6.03. The van der Waals surface area contributed by atoms with Crippen LogP contribution in [0.15, 0.2) is 114 Å². The number of allylic oxidation sites excluding steroid dienone is 1. The molecule has 1 heterocycles. The molecule has 7 rings (SSSR count). The summed E-state index contributed by atoms with van der Waals surface area (Å²) in [5.74, 6) is -1.31. The largest absolute Gasteiger partial charge is 0.489 e. The third-order valence-electron chi connectivity index (χ3n) is 12.2. The topological polar surface area (TPSA) is 119 Å². The fraction of sp³-hybridized carbons (Fsp3) is 0.417. The van der Waals surface area contributed by atoms with Gasteiger partial charge in [-0.1, -0.05) is 90.8 Å². The summed E-state index contributed by atoms with van der Waals surface area (Å²) in [4.78, 5) is 21.6. The van der Waals surface area contributed by atoms with Gasteiger partial charge in [-0.05, 0) is 83.7 Å². The number of rotatable bonds is 18. The molecular formula is C48H55FN2O8. The Morgan fingerprint density at radius 2 is 1.71 bits per heavy atom. The minimum absolute atomic E-state index is 0.0253. The first-order valence-electron chi connectivity index (χ1n) is 20.7. The van der Waals surface area contributed by atoms with Crippen molar-refractivity contribution in [2.45, 2.75) is 75.8 Å². The zero-order valence-corrected chi connectivity index (χ0v) is 33.9. The highest BCUT2D eigenvalue weighted by Gasteiger charge is 2.65. The molecule has 2 aliphatic carbocycles. The predicted octanol–water partition coefficient (Wildman–Crippen LogP) is 9.09. The van der Waals surface area contributed by atoms with Gasteiger partial charge in [-0.15, -0.1) is 6.58 Å². The number of methoxy groups -OCH3 is 1. The summed E-state index contributed by atoms with van der Waals surface area (Å²) < 4.78 is 40.9. The Labute approximate surface area is 345 Å². The van der Waals surface area contributed by atoms with Crippen molar-refractivity contribution < 1.29 is 43.2 Å². The molecule has 6 atom stereocenters. The van der Waals surface area contributed by atoms with E-state index in [2.05, 4.69) is 17.8 Å². The number of benzene rings is 4. The van der Waals surface area contributed by atoms with Gasteiger partial charge in [-0.2, -0.15) is 0 Å². The molecule has 0 saturated heterocycles. The number of amides is 1. The molecule has 0 spiro atoms. The van der Waals surface area contributed by atoms with Crippen molar-refractivity contribution in [3.8, 4) is 11.5 Å². The van der Waals surface area contributed by atoms with E-state index in [4.69, 9.17) is 23.8 Å². The van der Waals surface area contributed by atoms with Crippen molar-refractivity contribution in [1.29, 1.82) is 0 Å². The van der Waals surface area contributed by atoms with Crippen LogP contribution in [0.1, 0.15) is 67.6 Å². The molecule has 312 valence electrons. The van der Waals surface area contributed by atoms with Crippen molar-refractivity contribution in [2.75, 3.05) is 34.0 Å². The van der Waals surface area contributed by atoms with E-state index < -0.39 is 23.8 Å². The van der Waals surface area contributed by atoms with E-state index in [0.717, 1.165) is 53.2 Å². The first-order valence-corrected chi connectivity index (χ1v) is 20.7. The molecule has 1 fully saturated rings. The van der Waals surface area contributed by atoms with Gasteiger partial charge in [0, 0.05) is 36.7 Å². The second-order valence-electron chi connectivity index (χ2n) is 15.6. The fourth-order valence-electron chi connectivity index (χ4n) is 9.66. The predicted molar refractivity (Wildman–Crippen MR) is 225 cm³/mol. The molecule has 59 heavy (non-hydrogen) atoms. The Morgan fingerprint density at radius 3 is 2.47 bits per heavy atom. The molecule has 3 aliphatic rings. The summed E-state index contributed by atoms with van der Waals surface area (Å²) in [6, 6.07) is 25.6. The van der Waals surface area contributed by atoms with Crippen molar-refractivity contribution in [1.82, 2.24) is 4.90 Å². The highest BCUT2D eigenvalue weighted by Crippen LogP contribution is 2.62. The quantitative estimate of drug-likeness (QED) is 0.0581. The minimum Gasteiger partial charge on any atom is -0.489 e. The van der Waals surface area contributed by atoms with Crippen LogP contribution in [0.5, 0.6) is 11.5 Å². The Morgan fingerprint density at radius 1 is 0.966 bits per heavy atom. The van der Waals surface area contributed by atoms with Crippen molar-refractivity contribution in [3.05, 3.63) is 132 Å². The number of unbranched alkanes of at least 4 members (excludes halogenated alkanes) is 2. The highest BCUT2D eigenvalue weighted by atomic mass is 19.1. The zero-order valence-electron chi connectivity index (χ0n) is 33.9. The average Bonchev–Trinajstić information content (AvgIpc) is 3.26. The third-order valence-corrected chi connectivity index (χ3v) is 12.2. The second kappa shape index (κ2) is 19.2. The lowest BCUT2D eigenvalue weighted by molar-refractivity contribution is -0.256. The van der Waals surface area contributed by atoms with Gasteiger partial charge in [0.15, 0.2) is 0 Å². The van der Waals surface area contributed by atoms with E-state index in [1.54, 1.807) is 29.2 Å². The monoisotopic (exact) mass is 806 g/mol. The van der Waals surface area contributed by atoms with Crippen LogP contribution >= 0.6 is 0 Å². The summed E-state index contributed by atoms with van der Waals surface area (Å²) in [6.07, 6.45) is 8.17. The summed E-state index contributed by atoms with van der Waals surface area (Å²) >= 11 is 0. The van der Waals surface area contributed by atoms with Crippen LogP contribution in [0.25, 0.3) is 10.8 Å². The molecule has 0 radical (unpaired) electrons. The zero-order chi connectivity index (χ0) is 41.4. The molecule has 0 aromatic heterocycles. The number of carbonyl (C=O) groups excluding carboxylic acids is 1. The molecule has 1 amide bonds. The maximum absolute atomic E-state index is 14.7. The minimum atomic E-state index is -1.45. The maximum atomic E-state index is 14.7. The van der Waals surface area contributed by atoms with Crippen molar-refractivity contribution >= 4 is 22.6 Å². The van der Waals surface area contributed by atoms with E-state index in [1.807, 2.05) is 60.7 Å². The number of hydrogen-bond acceptors (Lipinski definition) is 9. The van der Waals surface area contributed by atoms with Crippen LogP contribution in [0.4, 0.5) is 9.18 Å². The Balaban J connectivity index is 1.43. The molecular weight excluding hydrogens is 752 g/mol. The molecule has 0 bridgehead atoms. The van der Waals surface area contributed by atoms with Gasteiger partial charge >= 0.3 is 6.09 Å². The van der Waals surface area contributed by atoms with Crippen LogP contribution in [-0.4, -0.2) is 72.8 Å². The summed E-state index contributed by atoms with van der Waals surface area (Å²) in [6.45, 7) is 4.54. The summed E-state index contributed by atoms with van der Waals surface area (Å²) in [5.41, 5.74) is 3.87. The van der Waals surface area contributed by atoms with Crippen LogP contribution < -0.4 is 9.47 Å². The van der Waals surface area contributed by atoms with E-state index in [9.17, 15) is 19.4 Å². The van der Waals surface area contributed by atoms with Crippen LogP contribution in [0.3, 0.4) is 0 Å². The number of nitrogens with zero attached hydrogens (tertiary/aromatic N) is 2. The van der Waals surface area contributed by atoms with Crippen LogP contribution in [0.2, 0.25) is 0 Å². The smallest absolute Gasteiger partial charge is 0.410 e. The molecule has 11 heteroatoms. The molecule has 4 aromatic rings. The van der Waals surface area contributed by atoms with Gasteiger partial charge in [-0.3, -0.25) is 4.90 Å². The fourth-order valence-corrected chi connectivity index (χ4v) is 9.66. The standard InChI is InChI=1S/C48H55FN2O8/c1-4-26-58-48-44(51(47(54)55-2)30-34-18-13-17-32-14-5-7-19-37(32)34)29-42(50-56-3)39-27-33(15-9-11-24-52)38(20-10-12-25-53)45(46(39)48)40-28-36(22-23-43(40)59-48)57-31-35-16-6-8-21-41(35)49/h4-8,13-14,16-19,21-23,27-28,33,38,44-46,52-53H,1,9-12,15,20,24-26,29-31H2,2-3H3/t33-,38+,44-,45+,46+,48+/m0/s1. The lowest BCUT2D eigenvalue weighted by atomic mass is 9.55. The number of hydrogen-bond donors (Lipinski definition) is 2.